The van der Waals surface area contributed by atoms with Crippen LogP contribution in [0.15, 0.2) is 24.3 Å². The normalized spacial score (nSPS) is 13.6. The van der Waals surface area contributed by atoms with Crippen molar-refractivity contribution in [1.29, 1.82) is 0 Å². The number of hydrogen-bond acceptors (Lipinski definition) is 2. The second-order valence-corrected chi connectivity index (χ2v) is 5.89. The van der Waals surface area contributed by atoms with E-state index in [9.17, 15) is 0 Å². The van der Waals surface area contributed by atoms with Crippen LogP contribution < -0.4 is 4.52 Å². The van der Waals surface area contributed by atoms with Crippen molar-refractivity contribution in [2.24, 2.45) is 0 Å². The van der Waals surface area contributed by atoms with E-state index in [0.717, 1.165) is 17.7 Å². The van der Waals surface area contributed by atoms with E-state index in [0.29, 0.717) is 0 Å². The number of halogens is 1. The Balaban J connectivity index is 2.58. The maximum atomic E-state index is 6.07. The lowest BCUT2D eigenvalue weighted by Gasteiger charge is -2.25. The van der Waals surface area contributed by atoms with Crippen LogP contribution in [-0.4, -0.2) is 5.60 Å². The van der Waals surface area contributed by atoms with Gasteiger partial charge in [0, 0.05) is 0 Å². The molecule has 0 fully saturated rings. The van der Waals surface area contributed by atoms with Crippen LogP contribution >= 0.6 is 19.0 Å². The summed E-state index contributed by atoms with van der Waals surface area (Å²) in [6, 6.07) is 7.78. The summed E-state index contributed by atoms with van der Waals surface area (Å²) in [4.78, 5) is 0. The van der Waals surface area contributed by atoms with Crippen molar-refractivity contribution in [3.05, 3.63) is 29.8 Å². The quantitative estimate of drug-likeness (QED) is 0.690. The first kappa shape index (κ1) is 13.8. The van der Waals surface area contributed by atoms with E-state index in [-0.39, 0.29) is 5.60 Å². The molecule has 0 aliphatic rings. The molecule has 0 aromatic heterocycles. The van der Waals surface area contributed by atoms with Gasteiger partial charge in [-0.05, 0) is 50.1 Å². The van der Waals surface area contributed by atoms with Crippen molar-refractivity contribution in [2.75, 3.05) is 0 Å². The van der Waals surface area contributed by atoms with Crippen molar-refractivity contribution in [3.8, 4) is 5.75 Å². The van der Waals surface area contributed by atoms with Crippen LogP contribution in [0.2, 0.25) is 0 Å². The minimum Gasteiger partial charge on any atom is -0.436 e. The summed E-state index contributed by atoms with van der Waals surface area (Å²) in [5, 5.41) is 0. The molecule has 4 heteroatoms. The third kappa shape index (κ3) is 4.29. The summed E-state index contributed by atoms with van der Waals surface area (Å²) in [6.07, 6.45) is 0.898. The fourth-order valence-electron chi connectivity index (χ4n) is 1.01. The van der Waals surface area contributed by atoms with E-state index in [1.807, 2.05) is 45.0 Å². The van der Waals surface area contributed by atoms with Crippen LogP contribution in [0.5, 0.6) is 5.75 Å². The maximum absolute atomic E-state index is 6.07. The summed E-state index contributed by atoms with van der Waals surface area (Å²) in [7, 11) is -1.39. The highest BCUT2D eigenvalue weighted by atomic mass is 35.7. The number of aryl methyl sites for hydroxylation is 1. The van der Waals surface area contributed by atoms with Gasteiger partial charge in [-0.3, -0.25) is 0 Å². The second kappa shape index (κ2) is 5.86. The average molecular weight is 261 g/mol. The zero-order chi connectivity index (χ0) is 12.2. The molecule has 1 rings (SSSR count). The number of para-hydroxylation sites is 1. The molecule has 90 valence electrons. The lowest BCUT2D eigenvalue weighted by Crippen LogP contribution is -2.20. The van der Waals surface area contributed by atoms with Gasteiger partial charge in [-0.1, -0.05) is 25.1 Å². The van der Waals surface area contributed by atoms with Gasteiger partial charge in [-0.15, -0.1) is 0 Å². The Morgan fingerprint density at radius 3 is 2.50 bits per heavy atom. The fourth-order valence-corrected chi connectivity index (χ4v) is 2.71. The molecule has 1 aromatic rings. The van der Waals surface area contributed by atoms with Crippen molar-refractivity contribution in [2.45, 2.75) is 39.7 Å². The van der Waals surface area contributed by atoms with E-state index in [4.69, 9.17) is 20.3 Å². The molecule has 1 unspecified atom stereocenters. The van der Waals surface area contributed by atoms with E-state index in [1.54, 1.807) is 0 Å². The summed E-state index contributed by atoms with van der Waals surface area (Å²) in [6.45, 7) is 8.06. The number of benzene rings is 1. The molecule has 0 heterocycles. The van der Waals surface area contributed by atoms with Crippen LogP contribution in [0.3, 0.4) is 0 Å². The zero-order valence-corrected chi connectivity index (χ0v) is 11.8. The molecule has 0 bridgehead atoms. The lowest BCUT2D eigenvalue weighted by molar-refractivity contribution is 0.114. The molecule has 2 nitrogen and oxygen atoms in total. The highest BCUT2D eigenvalue weighted by Gasteiger charge is 2.23. The Morgan fingerprint density at radius 1 is 1.31 bits per heavy atom. The minimum absolute atomic E-state index is 0.240. The van der Waals surface area contributed by atoms with Crippen molar-refractivity contribution >= 4 is 19.0 Å². The van der Waals surface area contributed by atoms with E-state index in [2.05, 4.69) is 6.92 Å². The molecule has 0 amide bonds. The SMILES string of the molecule is CCC(C)(C)OP(Cl)Oc1ccccc1C. The molecule has 0 aliphatic heterocycles. The van der Waals surface area contributed by atoms with E-state index < -0.39 is 7.73 Å². The van der Waals surface area contributed by atoms with Gasteiger partial charge in [-0.25, -0.2) is 0 Å². The first-order valence-electron chi connectivity index (χ1n) is 5.33. The van der Waals surface area contributed by atoms with Gasteiger partial charge in [-0.2, -0.15) is 0 Å². The Bertz CT molecular complexity index is 342. The van der Waals surface area contributed by atoms with Gasteiger partial charge in [0.25, 0.3) is 0 Å². The smallest absolute Gasteiger partial charge is 0.338 e. The van der Waals surface area contributed by atoms with Crippen LogP contribution in [-0.2, 0) is 4.52 Å². The number of rotatable bonds is 5. The molecular weight excluding hydrogens is 243 g/mol. The molecule has 0 radical (unpaired) electrons. The zero-order valence-electron chi connectivity index (χ0n) is 10.2. The fraction of sp³-hybridized carbons (Fsp3) is 0.500. The van der Waals surface area contributed by atoms with Gasteiger partial charge < -0.3 is 9.05 Å². The maximum Gasteiger partial charge on any atom is 0.338 e. The van der Waals surface area contributed by atoms with Gasteiger partial charge in [0.15, 0.2) is 0 Å². The lowest BCUT2D eigenvalue weighted by atomic mass is 10.1. The predicted molar refractivity (Wildman–Crippen MR) is 70.0 cm³/mol. The van der Waals surface area contributed by atoms with Gasteiger partial charge in [0.1, 0.15) is 5.75 Å². The number of hydrogen-bond donors (Lipinski definition) is 0. The Hall–Kier alpha value is -0.300. The van der Waals surface area contributed by atoms with Gasteiger partial charge in [0.05, 0.1) is 5.60 Å². The first-order chi connectivity index (χ1) is 7.44. The first-order valence-corrected chi connectivity index (χ1v) is 7.41. The summed E-state index contributed by atoms with van der Waals surface area (Å²) in [5.41, 5.74) is 0.824. The Kier molecular flexibility index (Phi) is 5.04. The van der Waals surface area contributed by atoms with Crippen molar-refractivity contribution in [1.82, 2.24) is 0 Å². The molecule has 1 aromatic carbocycles. The van der Waals surface area contributed by atoms with Crippen molar-refractivity contribution < 1.29 is 9.05 Å². The third-order valence-electron chi connectivity index (χ3n) is 2.43. The molecule has 0 N–H and O–H groups in total. The Labute approximate surface area is 104 Å². The minimum atomic E-state index is -1.39. The molecule has 0 aliphatic carbocycles. The van der Waals surface area contributed by atoms with Crippen LogP contribution in [0.1, 0.15) is 32.8 Å². The summed E-state index contributed by atoms with van der Waals surface area (Å²) >= 11 is 6.07. The average Bonchev–Trinajstić information content (AvgIpc) is 2.21. The van der Waals surface area contributed by atoms with Gasteiger partial charge in [0.2, 0.25) is 0 Å². The van der Waals surface area contributed by atoms with E-state index >= 15 is 0 Å². The third-order valence-corrected chi connectivity index (χ3v) is 3.83. The Morgan fingerprint density at radius 2 is 1.94 bits per heavy atom. The van der Waals surface area contributed by atoms with Crippen LogP contribution in [0.4, 0.5) is 0 Å². The predicted octanol–water partition coefficient (Wildman–Crippen LogP) is 5.04. The molecule has 0 spiro atoms. The standard InChI is InChI=1S/C12H18ClO2P/c1-5-12(3,4)15-16(13)14-11-9-7-6-8-10(11)2/h6-9H,5H2,1-4H3. The molecular formula is C12H18ClO2P. The molecule has 0 saturated heterocycles. The molecule has 16 heavy (non-hydrogen) atoms. The largest absolute Gasteiger partial charge is 0.436 e. The summed E-state index contributed by atoms with van der Waals surface area (Å²) < 4.78 is 11.2. The highest BCUT2D eigenvalue weighted by molar-refractivity contribution is 7.76. The van der Waals surface area contributed by atoms with Crippen LogP contribution in [0, 0.1) is 6.92 Å². The molecule has 0 saturated carbocycles. The van der Waals surface area contributed by atoms with E-state index in [1.165, 1.54) is 0 Å². The summed E-state index contributed by atoms with van der Waals surface area (Å²) in [5.74, 6) is 0.788. The highest BCUT2D eigenvalue weighted by Crippen LogP contribution is 2.48. The van der Waals surface area contributed by atoms with Crippen LogP contribution in [0.25, 0.3) is 0 Å². The van der Waals surface area contributed by atoms with Crippen molar-refractivity contribution in [3.63, 3.8) is 0 Å². The second-order valence-electron chi connectivity index (χ2n) is 4.27. The monoisotopic (exact) mass is 260 g/mol. The van der Waals surface area contributed by atoms with Gasteiger partial charge >= 0.3 is 7.73 Å². The molecule has 1 atom stereocenters. The topological polar surface area (TPSA) is 18.5 Å².